The zero-order valence-electron chi connectivity index (χ0n) is 16.8. The molecule has 2 heterocycles. The topological polar surface area (TPSA) is 38.8 Å². The van der Waals surface area contributed by atoms with Crippen LogP contribution in [-0.4, -0.2) is 43.5 Å². The molecule has 0 amide bonds. The van der Waals surface area contributed by atoms with Crippen LogP contribution in [0.15, 0.2) is 12.1 Å². The molecule has 1 aromatic rings. The molecular weight excluding hydrogens is 338 g/mol. The largest absolute Gasteiger partial charge is 0.493 e. The van der Waals surface area contributed by atoms with Gasteiger partial charge in [-0.3, -0.25) is 4.79 Å². The predicted molar refractivity (Wildman–Crippen MR) is 105 cm³/mol. The highest BCUT2D eigenvalue weighted by Gasteiger charge is 2.67. The van der Waals surface area contributed by atoms with Crippen molar-refractivity contribution in [1.82, 2.24) is 4.90 Å². The third-order valence-electron chi connectivity index (χ3n) is 7.95. The monoisotopic (exact) mass is 369 g/mol. The molecule has 5 rings (SSSR count). The van der Waals surface area contributed by atoms with Gasteiger partial charge in [0.15, 0.2) is 23.4 Å². The molecular formula is C23H31NO3. The smallest absolute Gasteiger partial charge is 0.177 e. The summed E-state index contributed by atoms with van der Waals surface area (Å²) in [5, 5.41) is 0. The van der Waals surface area contributed by atoms with Crippen molar-refractivity contribution in [1.29, 1.82) is 0 Å². The van der Waals surface area contributed by atoms with Crippen molar-refractivity contribution in [2.24, 2.45) is 11.8 Å². The standard InChI is InChI=1S/C23H31NO3/c1-4-5-6-7-15-12-16-17-13-14-8-9-18(26-3)21-19(14)23(16,10-11-24(17)2)22(27-21)20(15)25/h8-9,15-17,22H,4-7,10-13H2,1-3H3/t15-,16?,17?,22-,23?/m0/s1. The number of methoxy groups -OCH3 is 1. The lowest BCUT2D eigenvalue weighted by molar-refractivity contribution is -0.145. The van der Waals surface area contributed by atoms with Gasteiger partial charge < -0.3 is 14.4 Å². The van der Waals surface area contributed by atoms with E-state index < -0.39 is 0 Å². The van der Waals surface area contributed by atoms with Crippen LogP contribution >= 0.6 is 0 Å². The van der Waals surface area contributed by atoms with Gasteiger partial charge in [-0.1, -0.05) is 32.3 Å². The molecule has 1 aromatic carbocycles. The second kappa shape index (κ2) is 6.23. The number of rotatable bonds is 5. The molecule has 146 valence electrons. The highest BCUT2D eigenvalue weighted by molar-refractivity contribution is 5.91. The SMILES string of the molecule is CCCCC[C@H]1CC2C3Cc4ccc(OC)c5c4C2(CCN3C)[C@@H](O5)C1=O. The van der Waals surface area contributed by atoms with Gasteiger partial charge in [-0.2, -0.15) is 0 Å². The molecule has 0 radical (unpaired) electrons. The first-order valence-electron chi connectivity index (χ1n) is 10.7. The van der Waals surface area contributed by atoms with Gasteiger partial charge in [-0.05, 0) is 56.8 Å². The van der Waals surface area contributed by atoms with Gasteiger partial charge in [0.2, 0.25) is 0 Å². The maximum Gasteiger partial charge on any atom is 0.177 e. The Morgan fingerprint density at radius 1 is 1.33 bits per heavy atom. The highest BCUT2D eigenvalue weighted by atomic mass is 16.5. The van der Waals surface area contributed by atoms with Crippen LogP contribution in [0.4, 0.5) is 0 Å². The van der Waals surface area contributed by atoms with Crippen LogP contribution in [0.2, 0.25) is 0 Å². The Kier molecular flexibility index (Phi) is 4.05. The van der Waals surface area contributed by atoms with E-state index in [2.05, 4.69) is 24.9 Å². The number of likely N-dealkylation sites (tertiary alicyclic amines) is 1. The lowest BCUT2D eigenvalue weighted by Gasteiger charge is -2.58. The molecule has 0 N–H and O–H groups in total. The summed E-state index contributed by atoms with van der Waals surface area (Å²) in [5.41, 5.74) is 2.58. The van der Waals surface area contributed by atoms with Crippen molar-refractivity contribution in [3.05, 3.63) is 23.3 Å². The molecule has 0 aromatic heterocycles. The van der Waals surface area contributed by atoms with E-state index in [4.69, 9.17) is 9.47 Å². The minimum Gasteiger partial charge on any atom is -0.493 e. The Morgan fingerprint density at radius 2 is 2.19 bits per heavy atom. The van der Waals surface area contributed by atoms with Crippen LogP contribution in [0, 0.1) is 11.8 Å². The Hall–Kier alpha value is -1.55. The minimum atomic E-state index is -0.301. The molecule has 27 heavy (non-hydrogen) atoms. The molecule has 1 spiro atoms. The third kappa shape index (κ3) is 2.22. The van der Waals surface area contributed by atoms with E-state index in [1.807, 2.05) is 6.07 Å². The number of unbranched alkanes of at least 4 members (excludes halogenated alkanes) is 2. The summed E-state index contributed by atoms with van der Waals surface area (Å²) in [4.78, 5) is 16.1. The summed E-state index contributed by atoms with van der Waals surface area (Å²) < 4.78 is 12.1. The second-order valence-electron chi connectivity index (χ2n) is 9.11. The molecule has 2 bridgehead atoms. The third-order valence-corrected chi connectivity index (χ3v) is 7.95. The van der Waals surface area contributed by atoms with Crippen molar-refractivity contribution < 1.29 is 14.3 Å². The van der Waals surface area contributed by atoms with E-state index in [9.17, 15) is 4.79 Å². The fourth-order valence-corrected chi connectivity index (χ4v) is 6.66. The van der Waals surface area contributed by atoms with Crippen molar-refractivity contribution >= 4 is 5.78 Å². The highest BCUT2D eigenvalue weighted by Crippen LogP contribution is 2.64. The number of piperidine rings is 1. The van der Waals surface area contributed by atoms with Crippen molar-refractivity contribution in [2.75, 3.05) is 20.7 Å². The van der Waals surface area contributed by atoms with E-state index >= 15 is 0 Å². The first kappa shape index (κ1) is 17.5. The van der Waals surface area contributed by atoms with Crippen LogP contribution in [0.1, 0.15) is 56.6 Å². The number of carbonyl (C=O) groups is 1. The maximum absolute atomic E-state index is 13.5. The summed E-state index contributed by atoms with van der Waals surface area (Å²) in [6.07, 6.45) is 7.42. The van der Waals surface area contributed by atoms with Crippen LogP contribution in [0.25, 0.3) is 0 Å². The van der Waals surface area contributed by atoms with Gasteiger partial charge in [0, 0.05) is 22.9 Å². The molecule has 2 fully saturated rings. The number of carbonyl (C=O) groups excluding carboxylic acids is 1. The fourth-order valence-electron chi connectivity index (χ4n) is 6.66. The van der Waals surface area contributed by atoms with E-state index in [0.717, 1.165) is 50.1 Å². The number of nitrogens with zero attached hydrogens (tertiary/aromatic N) is 1. The van der Waals surface area contributed by atoms with Crippen molar-refractivity contribution in [3.8, 4) is 11.5 Å². The Morgan fingerprint density at radius 3 is 2.96 bits per heavy atom. The Balaban J connectivity index is 1.61. The zero-order chi connectivity index (χ0) is 18.8. The number of benzene rings is 1. The fraction of sp³-hybridized carbons (Fsp3) is 0.696. The first-order chi connectivity index (χ1) is 13.1. The van der Waals surface area contributed by atoms with E-state index in [0.29, 0.717) is 17.7 Å². The number of ether oxygens (including phenoxy) is 2. The number of likely N-dealkylation sites (N-methyl/N-ethyl adjacent to an activating group) is 1. The van der Waals surface area contributed by atoms with Gasteiger partial charge in [-0.25, -0.2) is 0 Å². The molecule has 4 aliphatic rings. The molecule has 4 nitrogen and oxygen atoms in total. The van der Waals surface area contributed by atoms with Gasteiger partial charge in [0.1, 0.15) is 0 Å². The molecule has 2 aliphatic carbocycles. The molecule has 1 saturated carbocycles. The molecule has 1 saturated heterocycles. The van der Waals surface area contributed by atoms with E-state index in [-0.39, 0.29) is 17.4 Å². The van der Waals surface area contributed by atoms with Gasteiger partial charge in [0.05, 0.1) is 7.11 Å². The van der Waals surface area contributed by atoms with E-state index in [1.54, 1.807) is 7.11 Å². The van der Waals surface area contributed by atoms with Gasteiger partial charge in [0.25, 0.3) is 0 Å². The average Bonchev–Trinajstić information content (AvgIpc) is 3.02. The minimum absolute atomic E-state index is 0.118. The number of ketones is 1. The number of Topliss-reactive ketones (excluding diaryl/α,β-unsaturated/α-hetero) is 1. The molecule has 2 aliphatic heterocycles. The lowest BCUT2D eigenvalue weighted by Crippen LogP contribution is -2.67. The normalized spacial score (nSPS) is 36.3. The summed E-state index contributed by atoms with van der Waals surface area (Å²) in [6, 6.07) is 4.77. The summed E-state index contributed by atoms with van der Waals surface area (Å²) in [6.45, 7) is 3.27. The summed E-state index contributed by atoms with van der Waals surface area (Å²) in [7, 11) is 3.97. The number of hydrogen-bond acceptors (Lipinski definition) is 4. The predicted octanol–water partition coefficient (Wildman–Crippen LogP) is 3.74. The second-order valence-corrected chi connectivity index (χ2v) is 9.11. The van der Waals surface area contributed by atoms with Gasteiger partial charge >= 0.3 is 0 Å². The van der Waals surface area contributed by atoms with Gasteiger partial charge in [-0.15, -0.1) is 0 Å². The maximum atomic E-state index is 13.5. The molecule has 3 unspecified atom stereocenters. The zero-order valence-corrected chi connectivity index (χ0v) is 16.8. The lowest BCUT2D eigenvalue weighted by atomic mass is 9.50. The van der Waals surface area contributed by atoms with Crippen molar-refractivity contribution in [3.63, 3.8) is 0 Å². The Bertz CT molecular complexity index is 775. The summed E-state index contributed by atoms with van der Waals surface area (Å²) >= 11 is 0. The first-order valence-corrected chi connectivity index (χ1v) is 10.7. The average molecular weight is 370 g/mol. The molecule has 4 heteroatoms. The number of hydrogen-bond donors (Lipinski definition) is 0. The van der Waals surface area contributed by atoms with Crippen molar-refractivity contribution in [2.45, 2.75) is 69.4 Å². The van der Waals surface area contributed by atoms with Crippen LogP contribution in [-0.2, 0) is 16.6 Å². The Labute approximate surface area is 162 Å². The van der Waals surface area contributed by atoms with Crippen LogP contribution < -0.4 is 9.47 Å². The van der Waals surface area contributed by atoms with E-state index in [1.165, 1.54) is 24.0 Å². The van der Waals surface area contributed by atoms with Crippen LogP contribution in [0.3, 0.4) is 0 Å². The molecule has 5 atom stereocenters. The summed E-state index contributed by atoms with van der Waals surface area (Å²) in [5.74, 6) is 2.71. The quantitative estimate of drug-likeness (QED) is 0.741. The van der Waals surface area contributed by atoms with Crippen LogP contribution in [0.5, 0.6) is 11.5 Å².